The molecule has 0 saturated heterocycles. The summed E-state index contributed by atoms with van der Waals surface area (Å²) in [6.45, 7) is 0. The average Bonchev–Trinajstić information content (AvgIpc) is 0.811. The molecule has 0 rings (SSSR count). The van der Waals surface area contributed by atoms with Crippen LogP contribution >= 0.6 is 0 Å². The molecule has 0 aromatic carbocycles. The Morgan fingerprint density at radius 1 is 2.00 bits per heavy atom. The summed E-state index contributed by atoms with van der Waals surface area (Å²) in [4.78, 5) is 8.96. The van der Waals surface area contributed by atoms with Crippen molar-refractivity contribution in [2.75, 3.05) is 0 Å². The number of rotatable bonds is 0. The molecule has 3 nitrogen and oxygen atoms in total. The summed E-state index contributed by atoms with van der Waals surface area (Å²) in [5, 5.41) is 7.37. The molecule has 0 saturated carbocycles. The summed E-state index contributed by atoms with van der Waals surface area (Å²) in [5.41, 5.74) is 0. The zero-order chi connectivity index (χ0) is 3.58. The van der Waals surface area contributed by atoms with E-state index in [1.165, 1.54) is 0 Å². The predicted molar refractivity (Wildman–Crippen MR) is 5.41 cm³/mol. The fourth-order valence-corrected chi connectivity index (χ4v) is 0. The van der Waals surface area contributed by atoms with Crippen molar-refractivity contribution in [3.8, 4) is 0 Å². The monoisotopic (exact) mass is 137 g/mol. The molecule has 0 unspecified atom stereocenters. The van der Waals surface area contributed by atoms with Crippen molar-refractivity contribution in [3.05, 3.63) is 4.91 Å². The van der Waals surface area contributed by atoms with Crippen LogP contribution in [0.15, 0.2) is 0 Å². The third-order valence-corrected chi connectivity index (χ3v) is 0. The van der Waals surface area contributed by atoms with Gasteiger partial charge in [0.05, 0.1) is 0 Å². The van der Waals surface area contributed by atoms with Crippen molar-refractivity contribution in [2.45, 2.75) is 0 Å². The number of hydrogen-bond donors (Lipinski definition) is 1. The van der Waals surface area contributed by atoms with Crippen molar-refractivity contribution in [2.24, 2.45) is 0 Å². The maximum absolute atomic E-state index is 8.96. The molecular formula is HNO2Zr. The molecule has 0 fully saturated rings. The first-order chi connectivity index (χ1) is 1.73. The third kappa shape index (κ3) is 46.9. The van der Waals surface area contributed by atoms with Crippen LogP contribution in [0.1, 0.15) is 0 Å². The molecule has 4 heavy (non-hydrogen) atoms. The molecule has 0 aliphatic heterocycles. The second-order valence-electron chi connectivity index (χ2n) is 0.273. The van der Waals surface area contributed by atoms with Crippen LogP contribution < -0.4 is 0 Å². The van der Waals surface area contributed by atoms with Crippen molar-refractivity contribution in [3.63, 3.8) is 0 Å². The minimum absolute atomic E-state index is 0.160. The Kier molecular flexibility index (Phi) is 1.70. The predicted octanol–water partition coefficient (Wildman–Crippen LogP) is -0.384. The molecule has 0 aliphatic carbocycles. The zero-order valence-corrected chi connectivity index (χ0v) is 4.26. The van der Waals surface area contributed by atoms with E-state index in [2.05, 4.69) is 0 Å². The summed E-state index contributed by atoms with van der Waals surface area (Å²) >= 11 is 0.470. The van der Waals surface area contributed by atoms with Crippen molar-refractivity contribution in [1.82, 2.24) is 0 Å². The van der Waals surface area contributed by atoms with E-state index < -0.39 is 0 Å². The van der Waals surface area contributed by atoms with Gasteiger partial charge in [0.1, 0.15) is 0 Å². The van der Waals surface area contributed by atoms with Gasteiger partial charge in [-0.3, -0.25) is 0 Å². The summed E-state index contributed by atoms with van der Waals surface area (Å²) in [5.74, 6) is 0. The zero-order valence-electron chi connectivity index (χ0n) is 1.80. The summed E-state index contributed by atoms with van der Waals surface area (Å²) in [6.07, 6.45) is 0. The summed E-state index contributed by atoms with van der Waals surface area (Å²) < 4.78 is -0.160. The van der Waals surface area contributed by atoms with E-state index in [1.807, 2.05) is 0 Å². The van der Waals surface area contributed by atoms with Crippen LogP contribution in [0.3, 0.4) is 0 Å². The first-order valence-electron chi connectivity index (χ1n) is 0.606. The van der Waals surface area contributed by atoms with Gasteiger partial charge < -0.3 is 0 Å². The van der Waals surface area contributed by atoms with E-state index in [1.54, 1.807) is 0 Å². The topological polar surface area (TPSA) is 40.3 Å². The van der Waals surface area contributed by atoms with E-state index in [4.69, 9.17) is 10.1 Å². The molecule has 0 aromatic rings. The van der Waals surface area contributed by atoms with Gasteiger partial charge in [-0.15, -0.1) is 0 Å². The molecule has 22 valence electrons. The quantitative estimate of drug-likeness (QED) is 0.463. The Labute approximate surface area is 38.4 Å². The Morgan fingerprint density at radius 3 is 2.00 bits per heavy atom. The normalized spacial score (nSPS) is 6.00. The molecule has 0 atom stereocenters. The molecule has 0 spiro atoms. The first kappa shape index (κ1) is 4.28. The van der Waals surface area contributed by atoms with Crippen LogP contribution in [-0.4, -0.2) is 8.07 Å². The fourth-order valence-electron chi connectivity index (χ4n) is 0. The van der Waals surface area contributed by atoms with Gasteiger partial charge in [-0.2, -0.15) is 0 Å². The molecule has 0 radical (unpaired) electrons. The van der Waals surface area contributed by atoms with Gasteiger partial charge in [0.2, 0.25) is 0 Å². The molecule has 0 heterocycles. The standard InChI is InChI=1S/HNO2.Zr/c2-1-3;/h(H,2,3);. The van der Waals surface area contributed by atoms with Gasteiger partial charge in [0.15, 0.2) is 0 Å². The van der Waals surface area contributed by atoms with Gasteiger partial charge in [0, 0.05) is 0 Å². The van der Waals surface area contributed by atoms with Crippen LogP contribution in [0.2, 0.25) is 0 Å². The second kappa shape index (κ2) is 1.59. The Bertz CT molecular complexity index is 29.0. The van der Waals surface area contributed by atoms with Crippen LogP contribution in [0.5, 0.6) is 0 Å². The Morgan fingerprint density at radius 2 is 2.00 bits per heavy atom. The van der Waals surface area contributed by atoms with Crippen molar-refractivity contribution < 1.29 is 33.1 Å². The second-order valence-corrected chi connectivity index (χ2v) is 1.21. The van der Waals surface area contributed by atoms with Gasteiger partial charge in [-0.1, -0.05) is 0 Å². The molecule has 0 aliphatic rings. The molecule has 1 N–H and O–H groups in total. The van der Waals surface area contributed by atoms with Gasteiger partial charge in [-0.25, -0.2) is 0 Å². The van der Waals surface area contributed by atoms with Crippen molar-refractivity contribution >= 4 is 0 Å². The third-order valence-electron chi connectivity index (χ3n) is 0. The molecule has 0 bridgehead atoms. The minimum atomic E-state index is -0.160. The van der Waals surface area contributed by atoms with E-state index in [0.717, 1.165) is 0 Å². The average molecular weight is 138 g/mol. The maximum atomic E-state index is 8.96. The van der Waals surface area contributed by atoms with Crippen LogP contribution in [-0.2, 0) is 25.0 Å². The molecular weight excluding hydrogens is 137 g/mol. The van der Waals surface area contributed by atoms with E-state index in [-0.39, 0.29) is 2.87 Å². The SMILES string of the molecule is O=[N+](O)[Zr-]. The molecule has 0 aromatic heterocycles. The van der Waals surface area contributed by atoms with Crippen LogP contribution in [0, 0.1) is 4.91 Å². The number of nitrogens with zero attached hydrogens (tertiary/aromatic N) is 1. The fraction of sp³-hybridized carbons (Fsp3) is 0. The van der Waals surface area contributed by atoms with E-state index >= 15 is 0 Å². The van der Waals surface area contributed by atoms with Crippen LogP contribution in [0.25, 0.3) is 0 Å². The van der Waals surface area contributed by atoms with Gasteiger partial charge >= 0.3 is 38.0 Å². The number of hydrogen-bond acceptors (Lipinski definition) is 1. The van der Waals surface area contributed by atoms with Gasteiger partial charge in [-0.05, 0) is 0 Å². The first-order valence-corrected chi connectivity index (χ1v) is 1.71. The molecule has 0 amide bonds. The van der Waals surface area contributed by atoms with Crippen LogP contribution in [0.4, 0.5) is 0 Å². The van der Waals surface area contributed by atoms with E-state index in [0.29, 0.717) is 25.0 Å². The molecule has 4 heteroatoms. The van der Waals surface area contributed by atoms with Gasteiger partial charge in [0.25, 0.3) is 0 Å². The Balaban J connectivity index is 2.80. The Hall–Kier alpha value is 0.283. The van der Waals surface area contributed by atoms with E-state index in [9.17, 15) is 0 Å². The summed E-state index contributed by atoms with van der Waals surface area (Å²) in [6, 6.07) is 0. The van der Waals surface area contributed by atoms with Crippen molar-refractivity contribution in [1.29, 1.82) is 0 Å². The summed E-state index contributed by atoms with van der Waals surface area (Å²) in [7, 11) is 0.